The molecule has 0 unspecified atom stereocenters. The van der Waals surface area contributed by atoms with E-state index in [2.05, 4.69) is 71.5 Å². The standard InChI is InChI=1S/2C14H19NO2.2C13H20N2O2.C11H12O/c1-3-4-5-10-15-14(17)13-8-6-12(7-9-13)11(2)16;1-3-4-5-9-15-14(17)13-8-6-7-12(10-13)11(2)16;1-2-3-4-9-15-13(16)12-7-5-11(6-8-12)10-17-14;1-2-3-4-8-15-13(16)12-7-5-6-11(9-12)10-17-14;1-3-9-12-11-7-5-10(4-2)6-8-11/h6-9H,3-5,10H2,1-2H3,(H,15,17);6-8,10H,3-5,9H2,1-2H3,(H,15,17);5-8H,2-4,9-10,14H2,1H3,(H,15,16);5-7,9H,2-4,8,10,14H2,1H3,(H,15,16);1,5-8H,4,9H2,2H3. The van der Waals surface area contributed by atoms with Crippen LogP contribution in [0, 0.1) is 12.3 Å². The van der Waals surface area contributed by atoms with E-state index < -0.39 is 0 Å². The highest BCUT2D eigenvalue weighted by Crippen LogP contribution is 2.13. The van der Waals surface area contributed by atoms with Gasteiger partial charge >= 0.3 is 0 Å². The molecule has 5 aromatic rings. The normalized spacial score (nSPS) is 9.95. The maximum atomic E-state index is 11.8. The summed E-state index contributed by atoms with van der Waals surface area (Å²) >= 11 is 0. The molecule has 0 saturated heterocycles. The molecule has 0 heterocycles. The number of carbonyl (C=O) groups is 6. The predicted molar refractivity (Wildman–Crippen MR) is 321 cm³/mol. The monoisotopic (exact) mass is 1100 g/mol. The van der Waals surface area contributed by atoms with Gasteiger partial charge in [0.2, 0.25) is 0 Å². The Labute approximate surface area is 477 Å². The molecule has 0 spiro atoms. The quantitative estimate of drug-likeness (QED) is 0.0114. The van der Waals surface area contributed by atoms with Gasteiger partial charge in [0.25, 0.3) is 23.6 Å². The van der Waals surface area contributed by atoms with Gasteiger partial charge in [-0.15, -0.1) is 6.42 Å². The number of hydrogen-bond donors (Lipinski definition) is 6. The highest BCUT2D eigenvalue weighted by atomic mass is 16.6. The Hall–Kier alpha value is -7.48. The van der Waals surface area contributed by atoms with Crippen LogP contribution in [0.1, 0.15) is 204 Å². The first-order valence-electron chi connectivity index (χ1n) is 28.0. The van der Waals surface area contributed by atoms with Crippen LogP contribution in [0.3, 0.4) is 0 Å². The number of nitrogens with one attached hydrogen (secondary N) is 4. The summed E-state index contributed by atoms with van der Waals surface area (Å²) in [4.78, 5) is 78.3. The van der Waals surface area contributed by atoms with Crippen molar-refractivity contribution in [1.29, 1.82) is 0 Å². The number of ether oxygens (including phenoxy) is 1. The maximum absolute atomic E-state index is 11.8. The van der Waals surface area contributed by atoms with Crippen LogP contribution in [0.25, 0.3) is 0 Å². The van der Waals surface area contributed by atoms with E-state index in [4.69, 9.17) is 23.0 Å². The van der Waals surface area contributed by atoms with Crippen molar-refractivity contribution in [1.82, 2.24) is 21.3 Å². The number of carbonyl (C=O) groups excluding carboxylic acids is 6. The Morgan fingerprint density at radius 3 is 1.19 bits per heavy atom. The Morgan fingerprint density at radius 1 is 0.425 bits per heavy atom. The Kier molecular flexibility index (Phi) is 40.0. The fraction of sp³-hybridized carbons (Fsp3) is 0.415. The number of hydrogen-bond acceptors (Lipinski definition) is 11. The second-order valence-electron chi connectivity index (χ2n) is 18.6. The number of aryl methyl sites for hydroxylation is 1. The molecule has 0 atom stereocenters. The molecule has 5 rings (SSSR count). The van der Waals surface area contributed by atoms with Crippen molar-refractivity contribution in [3.8, 4) is 18.1 Å². The second-order valence-corrected chi connectivity index (χ2v) is 18.6. The van der Waals surface area contributed by atoms with Crippen LogP contribution in [0.4, 0.5) is 0 Å². The van der Waals surface area contributed by atoms with Gasteiger partial charge in [-0.3, -0.25) is 38.4 Å². The van der Waals surface area contributed by atoms with E-state index in [1.165, 1.54) is 19.4 Å². The molecular weight excluding hydrogens is 1010 g/mol. The van der Waals surface area contributed by atoms with Gasteiger partial charge in [-0.2, -0.15) is 0 Å². The van der Waals surface area contributed by atoms with Crippen molar-refractivity contribution in [2.75, 3.05) is 32.8 Å². The number of nitrogens with two attached hydrogens (primary N) is 2. The number of Topliss-reactive ketones (excluding diaryl/α,β-unsaturated/α-hetero) is 2. The number of terminal acetylenes is 1. The number of amides is 4. The van der Waals surface area contributed by atoms with E-state index in [1.807, 2.05) is 48.5 Å². The zero-order valence-corrected chi connectivity index (χ0v) is 48.6. The van der Waals surface area contributed by atoms with Crippen molar-refractivity contribution in [2.24, 2.45) is 11.8 Å². The zero-order chi connectivity index (χ0) is 59.2. The van der Waals surface area contributed by atoms with Gasteiger partial charge in [0.15, 0.2) is 11.6 Å². The van der Waals surface area contributed by atoms with Crippen LogP contribution in [0.15, 0.2) is 121 Å². The van der Waals surface area contributed by atoms with Crippen LogP contribution in [-0.4, -0.2) is 68.0 Å². The average Bonchev–Trinajstić information content (AvgIpc) is 3.49. The van der Waals surface area contributed by atoms with E-state index in [-0.39, 0.29) is 35.2 Å². The van der Waals surface area contributed by atoms with Crippen LogP contribution in [-0.2, 0) is 29.3 Å². The van der Waals surface area contributed by atoms with Gasteiger partial charge in [-0.1, -0.05) is 153 Å². The lowest BCUT2D eigenvalue weighted by atomic mass is 10.1. The summed E-state index contributed by atoms with van der Waals surface area (Å²) in [5.41, 5.74) is 6.84. The lowest BCUT2D eigenvalue weighted by molar-refractivity contribution is 0.0944. The molecule has 434 valence electrons. The Bertz CT molecular complexity index is 2560. The molecule has 0 saturated carbocycles. The van der Waals surface area contributed by atoms with Crippen LogP contribution >= 0.6 is 0 Å². The molecule has 0 aromatic heterocycles. The summed E-state index contributed by atoms with van der Waals surface area (Å²) < 4.78 is 5.22. The summed E-state index contributed by atoms with van der Waals surface area (Å²) in [6, 6.07) is 36.1. The SMILES string of the molecule is C#CCOc1ccc(CC)cc1.CCCCCNC(=O)c1ccc(C(C)=O)cc1.CCCCCNC(=O)c1ccc(CON)cc1.CCCCCNC(=O)c1cccc(C(C)=O)c1.CCCCCNC(=O)c1cccc(CON)c1. The molecule has 0 aliphatic carbocycles. The molecule has 8 N–H and O–H groups in total. The highest BCUT2D eigenvalue weighted by Gasteiger charge is 2.09. The van der Waals surface area contributed by atoms with Crippen molar-refractivity contribution in [3.63, 3.8) is 0 Å². The van der Waals surface area contributed by atoms with Gasteiger partial charge in [0.1, 0.15) is 12.4 Å². The number of benzene rings is 5. The first-order chi connectivity index (χ1) is 38.7. The lowest BCUT2D eigenvalue weighted by Crippen LogP contribution is -2.24. The molecule has 0 fully saturated rings. The second kappa shape index (κ2) is 45.4. The molecule has 15 nitrogen and oxygen atoms in total. The largest absolute Gasteiger partial charge is 0.481 e. The molecule has 0 radical (unpaired) electrons. The molecular formula is C65H90N6O9. The highest BCUT2D eigenvalue weighted by molar-refractivity contribution is 6.00. The van der Waals surface area contributed by atoms with Crippen molar-refractivity contribution >= 4 is 35.2 Å². The molecule has 15 heteroatoms. The first-order valence-corrected chi connectivity index (χ1v) is 28.0. The van der Waals surface area contributed by atoms with Gasteiger partial charge in [-0.25, -0.2) is 11.8 Å². The number of rotatable bonds is 29. The van der Waals surface area contributed by atoms with Crippen LogP contribution in [0.2, 0.25) is 0 Å². The summed E-state index contributed by atoms with van der Waals surface area (Å²) in [6.45, 7) is 17.5. The first kappa shape index (κ1) is 70.5. The molecule has 80 heavy (non-hydrogen) atoms. The summed E-state index contributed by atoms with van der Waals surface area (Å²) in [5, 5.41) is 11.5. The Balaban J connectivity index is 0.000000502. The molecule has 0 bridgehead atoms. The van der Waals surface area contributed by atoms with Crippen LogP contribution in [0.5, 0.6) is 5.75 Å². The fourth-order valence-corrected chi connectivity index (χ4v) is 7.15. The molecule has 5 aromatic carbocycles. The molecule has 0 aliphatic heterocycles. The van der Waals surface area contributed by atoms with Crippen LogP contribution < -0.4 is 37.8 Å². The third kappa shape index (κ3) is 32.4. The third-order valence-corrected chi connectivity index (χ3v) is 11.9. The maximum Gasteiger partial charge on any atom is 0.251 e. The number of unbranched alkanes of at least 4 members (excludes halogenated alkanes) is 8. The van der Waals surface area contributed by atoms with Gasteiger partial charge in [0, 0.05) is 59.6 Å². The smallest absolute Gasteiger partial charge is 0.251 e. The van der Waals surface area contributed by atoms with Gasteiger partial charge in [0.05, 0.1) is 13.2 Å². The van der Waals surface area contributed by atoms with Gasteiger partial charge < -0.3 is 26.0 Å². The minimum Gasteiger partial charge on any atom is -0.481 e. The van der Waals surface area contributed by atoms with E-state index in [0.29, 0.717) is 66.3 Å². The average molecular weight is 1100 g/mol. The molecule has 0 aliphatic rings. The zero-order valence-electron chi connectivity index (χ0n) is 48.6. The van der Waals surface area contributed by atoms with Crippen molar-refractivity contribution < 1.29 is 43.2 Å². The van der Waals surface area contributed by atoms with E-state index in [1.54, 1.807) is 72.8 Å². The van der Waals surface area contributed by atoms with Gasteiger partial charge in [-0.05, 0) is 123 Å². The molecule has 4 amide bonds. The number of ketones is 2. The van der Waals surface area contributed by atoms with E-state index >= 15 is 0 Å². The third-order valence-electron chi connectivity index (χ3n) is 11.9. The Morgan fingerprint density at radius 2 is 0.787 bits per heavy atom. The van der Waals surface area contributed by atoms with E-state index in [0.717, 1.165) is 113 Å². The van der Waals surface area contributed by atoms with Crippen molar-refractivity contribution in [3.05, 3.63) is 171 Å². The fourth-order valence-electron chi connectivity index (χ4n) is 7.15. The summed E-state index contributed by atoms with van der Waals surface area (Å²) in [5.74, 6) is 13.0. The lowest BCUT2D eigenvalue weighted by Gasteiger charge is -2.06. The minimum absolute atomic E-state index is 0.0138. The summed E-state index contributed by atoms with van der Waals surface area (Å²) in [7, 11) is 0. The van der Waals surface area contributed by atoms with E-state index in [9.17, 15) is 28.8 Å². The minimum atomic E-state index is -0.107. The summed E-state index contributed by atoms with van der Waals surface area (Å²) in [6.07, 6.45) is 19.3. The topological polar surface area (TPSA) is 230 Å². The predicted octanol–water partition coefficient (Wildman–Crippen LogP) is 11.9. The van der Waals surface area contributed by atoms with Crippen molar-refractivity contribution in [2.45, 2.75) is 145 Å².